The van der Waals surface area contributed by atoms with Gasteiger partial charge in [0.25, 0.3) is 5.91 Å². The lowest BCUT2D eigenvalue weighted by Gasteiger charge is -2.24. The summed E-state index contributed by atoms with van der Waals surface area (Å²) in [6.45, 7) is 7.49. The van der Waals surface area contributed by atoms with E-state index in [4.69, 9.17) is 4.74 Å². The number of ether oxygens (including phenoxy) is 1. The molecule has 1 rings (SSSR count). The van der Waals surface area contributed by atoms with E-state index >= 15 is 0 Å². The highest BCUT2D eigenvalue weighted by Crippen LogP contribution is 2.12. The normalized spacial score (nSPS) is 11.9. The summed E-state index contributed by atoms with van der Waals surface area (Å²) in [6, 6.07) is 9.47. The smallest absolute Gasteiger partial charge is 0.263 e. The third-order valence-electron chi connectivity index (χ3n) is 2.88. The number of benzene rings is 1. The van der Waals surface area contributed by atoms with Crippen LogP contribution in [0, 0.1) is 0 Å². The van der Waals surface area contributed by atoms with Gasteiger partial charge in [0.1, 0.15) is 5.75 Å². The van der Waals surface area contributed by atoms with Gasteiger partial charge in [-0.05, 0) is 32.4 Å². The number of para-hydroxylation sites is 1. The molecule has 0 heterocycles. The minimum Gasteiger partial charge on any atom is -0.481 e. The summed E-state index contributed by atoms with van der Waals surface area (Å²) in [6.07, 6.45) is 1.71. The molecule has 1 aromatic rings. The predicted molar refractivity (Wildman–Crippen MR) is 73.7 cm³/mol. The predicted octanol–water partition coefficient (Wildman–Crippen LogP) is 3.10. The molecule has 0 aliphatic rings. The lowest BCUT2D eigenvalue weighted by atomic mass is 10.2. The molecule has 0 unspecified atom stereocenters. The lowest BCUT2D eigenvalue weighted by Crippen LogP contribution is -2.40. The van der Waals surface area contributed by atoms with Gasteiger partial charge in [-0.2, -0.15) is 0 Å². The van der Waals surface area contributed by atoms with Crippen LogP contribution >= 0.6 is 0 Å². The Morgan fingerprint density at radius 3 is 2.50 bits per heavy atom. The van der Waals surface area contributed by atoms with Gasteiger partial charge in [-0.1, -0.05) is 31.5 Å². The third kappa shape index (κ3) is 4.40. The monoisotopic (exact) mass is 249 g/mol. The first kappa shape index (κ1) is 14.6. The van der Waals surface area contributed by atoms with Crippen molar-refractivity contribution in [1.82, 2.24) is 4.90 Å². The maximum absolute atomic E-state index is 12.2. The highest BCUT2D eigenvalue weighted by molar-refractivity contribution is 5.80. The van der Waals surface area contributed by atoms with Gasteiger partial charge in [0.2, 0.25) is 0 Å². The number of likely N-dealkylation sites (N-methyl/N-ethyl adjacent to an activating group) is 1. The third-order valence-corrected chi connectivity index (χ3v) is 2.88. The van der Waals surface area contributed by atoms with Crippen molar-refractivity contribution in [2.75, 3.05) is 13.1 Å². The van der Waals surface area contributed by atoms with Gasteiger partial charge in [-0.3, -0.25) is 4.79 Å². The van der Waals surface area contributed by atoms with E-state index in [0.29, 0.717) is 0 Å². The minimum absolute atomic E-state index is 0.0646. The van der Waals surface area contributed by atoms with Crippen molar-refractivity contribution in [3.8, 4) is 5.75 Å². The van der Waals surface area contributed by atoms with Crippen molar-refractivity contribution in [2.24, 2.45) is 0 Å². The maximum Gasteiger partial charge on any atom is 0.263 e. The first-order valence-corrected chi connectivity index (χ1v) is 6.69. The fourth-order valence-electron chi connectivity index (χ4n) is 1.78. The minimum atomic E-state index is -0.427. The Morgan fingerprint density at radius 1 is 1.28 bits per heavy atom. The van der Waals surface area contributed by atoms with E-state index in [9.17, 15) is 4.79 Å². The quantitative estimate of drug-likeness (QED) is 0.743. The standard InChI is InChI=1S/C15H23NO2/c1-4-6-12-16(5-2)15(17)13(3)18-14-10-8-7-9-11-14/h7-11,13H,4-6,12H2,1-3H3/t13-/m1/s1. The number of unbranched alkanes of at least 4 members (excludes halogenated alkanes) is 1. The molecule has 0 N–H and O–H groups in total. The average molecular weight is 249 g/mol. The van der Waals surface area contributed by atoms with Gasteiger partial charge in [0, 0.05) is 13.1 Å². The Kier molecular flexibility index (Phi) is 6.26. The first-order valence-electron chi connectivity index (χ1n) is 6.69. The summed E-state index contributed by atoms with van der Waals surface area (Å²) in [7, 11) is 0. The molecule has 0 saturated heterocycles. The molecule has 3 heteroatoms. The lowest BCUT2D eigenvalue weighted by molar-refractivity contribution is -0.137. The van der Waals surface area contributed by atoms with Gasteiger partial charge in [0.05, 0.1) is 0 Å². The molecular weight excluding hydrogens is 226 g/mol. The van der Waals surface area contributed by atoms with Crippen LogP contribution in [-0.4, -0.2) is 30.0 Å². The van der Waals surface area contributed by atoms with E-state index in [-0.39, 0.29) is 5.91 Å². The second-order valence-corrected chi connectivity index (χ2v) is 4.34. The Balaban J connectivity index is 2.54. The molecule has 0 aliphatic carbocycles. The molecule has 0 spiro atoms. The van der Waals surface area contributed by atoms with Gasteiger partial charge >= 0.3 is 0 Å². The molecule has 3 nitrogen and oxygen atoms in total. The first-order chi connectivity index (χ1) is 8.69. The van der Waals surface area contributed by atoms with Crippen LogP contribution in [0.25, 0.3) is 0 Å². The number of hydrogen-bond donors (Lipinski definition) is 0. The summed E-state index contributed by atoms with van der Waals surface area (Å²) >= 11 is 0. The zero-order valence-electron chi connectivity index (χ0n) is 11.6. The molecule has 1 aromatic carbocycles. The molecule has 0 fully saturated rings. The summed E-state index contributed by atoms with van der Waals surface area (Å²) in [4.78, 5) is 14.0. The Bertz CT molecular complexity index is 351. The van der Waals surface area contributed by atoms with Crippen LogP contribution in [0.1, 0.15) is 33.6 Å². The number of amides is 1. The molecule has 0 radical (unpaired) electrons. The van der Waals surface area contributed by atoms with Crippen LogP contribution in [0.15, 0.2) is 30.3 Å². The summed E-state index contributed by atoms with van der Waals surface area (Å²) in [5.41, 5.74) is 0. The van der Waals surface area contributed by atoms with Gasteiger partial charge < -0.3 is 9.64 Å². The number of carbonyl (C=O) groups is 1. The van der Waals surface area contributed by atoms with Crippen molar-refractivity contribution in [1.29, 1.82) is 0 Å². The zero-order chi connectivity index (χ0) is 13.4. The number of carbonyl (C=O) groups excluding carboxylic acids is 1. The molecular formula is C15H23NO2. The molecule has 0 saturated carbocycles. The molecule has 100 valence electrons. The van der Waals surface area contributed by atoms with Crippen LogP contribution in [0.2, 0.25) is 0 Å². The van der Waals surface area contributed by atoms with Crippen molar-refractivity contribution >= 4 is 5.91 Å². The molecule has 0 aliphatic heterocycles. The van der Waals surface area contributed by atoms with E-state index in [0.717, 1.165) is 31.7 Å². The largest absolute Gasteiger partial charge is 0.481 e. The van der Waals surface area contributed by atoms with Crippen molar-refractivity contribution in [3.63, 3.8) is 0 Å². The molecule has 18 heavy (non-hydrogen) atoms. The van der Waals surface area contributed by atoms with E-state index in [1.165, 1.54) is 0 Å². The Labute approximate surface area is 110 Å². The van der Waals surface area contributed by atoms with Crippen LogP contribution in [0.5, 0.6) is 5.75 Å². The molecule has 1 amide bonds. The van der Waals surface area contributed by atoms with Crippen molar-refractivity contribution in [3.05, 3.63) is 30.3 Å². The van der Waals surface area contributed by atoms with Crippen LogP contribution in [0.3, 0.4) is 0 Å². The molecule has 1 atom stereocenters. The van der Waals surface area contributed by atoms with E-state index in [2.05, 4.69) is 6.92 Å². The maximum atomic E-state index is 12.2. The number of rotatable bonds is 7. The van der Waals surface area contributed by atoms with Crippen LogP contribution < -0.4 is 4.74 Å². The zero-order valence-corrected chi connectivity index (χ0v) is 11.6. The van der Waals surface area contributed by atoms with Crippen LogP contribution in [0.4, 0.5) is 0 Å². The van der Waals surface area contributed by atoms with E-state index < -0.39 is 6.10 Å². The van der Waals surface area contributed by atoms with Gasteiger partial charge in [-0.15, -0.1) is 0 Å². The summed E-state index contributed by atoms with van der Waals surface area (Å²) in [5, 5.41) is 0. The number of nitrogens with zero attached hydrogens (tertiary/aromatic N) is 1. The summed E-state index contributed by atoms with van der Waals surface area (Å²) < 4.78 is 5.65. The second kappa shape index (κ2) is 7.75. The highest BCUT2D eigenvalue weighted by Gasteiger charge is 2.20. The van der Waals surface area contributed by atoms with E-state index in [1.54, 1.807) is 0 Å². The molecule has 0 bridgehead atoms. The Morgan fingerprint density at radius 2 is 1.94 bits per heavy atom. The fourth-order valence-corrected chi connectivity index (χ4v) is 1.78. The SMILES string of the molecule is CCCCN(CC)C(=O)[C@@H](C)Oc1ccccc1. The highest BCUT2D eigenvalue weighted by atomic mass is 16.5. The Hall–Kier alpha value is -1.51. The van der Waals surface area contributed by atoms with Crippen molar-refractivity contribution in [2.45, 2.75) is 39.7 Å². The topological polar surface area (TPSA) is 29.5 Å². The number of hydrogen-bond acceptors (Lipinski definition) is 2. The van der Waals surface area contributed by atoms with E-state index in [1.807, 2.05) is 49.1 Å². The second-order valence-electron chi connectivity index (χ2n) is 4.34. The van der Waals surface area contributed by atoms with Crippen LogP contribution in [-0.2, 0) is 4.79 Å². The van der Waals surface area contributed by atoms with Crippen molar-refractivity contribution < 1.29 is 9.53 Å². The van der Waals surface area contributed by atoms with Gasteiger partial charge in [-0.25, -0.2) is 0 Å². The average Bonchev–Trinajstić information content (AvgIpc) is 2.40. The fraction of sp³-hybridized carbons (Fsp3) is 0.533. The van der Waals surface area contributed by atoms with Gasteiger partial charge in [0.15, 0.2) is 6.10 Å². The summed E-state index contributed by atoms with van der Waals surface area (Å²) in [5.74, 6) is 0.805. The molecule has 0 aromatic heterocycles.